The standard InChI is InChI=1S/C15H18Cl2N2O/c1-2-18-7-9-19(10-8-18)15(20)6-4-12-3-5-13(16)11-14(12)17/h3-6,11H,2,7-10H2,1H3. The van der Waals surface area contributed by atoms with Crippen LogP contribution in [0.4, 0.5) is 0 Å². The molecule has 2 rings (SSSR count). The second-order valence-corrected chi connectivity index (χ2v) is 5.60. The zero-order chi connectivity index (χ0) is 14.5. The highest BCUT2D eigenvalue weighted by Crippen LogP contribution is 2.22. The van der Waals surface area contributed by atoms with Crippen LogP contribution in [0.1, 0.15) is 12.5 Å². The van der Waals surface area contributed by atoms with Crippen LogP contribution in [0.2, 0.25) is 10.0 Å². The Labute approximate surface area is 129 Å². The maximum atomic E-state index is 12.1. The van der Waals surface area contributed by atoms with Gasteiger partial charge in [-0.05, 0) is 30.3 Å². The number of nitrogens with zero attached hydrogens (tertiary/aromatic N) is 2. The average molecular weight is 313 g/mol. The predicted molar refractivity (Wildman–Crippen MR) is 84.2 cm³/mol. The normalized spacial score (nSPS) is 16.9. The van der Waals surface area contributed by atoms with Crippen molar-refractivity contribution in [3.8, 4) is 0 Å². The highest BCUT2D eigenvalue weighted by molar-refractivity contribution is 6.35. The molecule has 1 aromatic carbocycles. The van der Waals surface area contributed by atoms with Gasteiger partial charge in [0.25, 0.3) is 0 Å². The Morgan fingerprint density at radius 2 is 1.95 bits per heavy atom. The van der Waals surface area contributed by atoms with E-state index in [4.69, 9.17) is 23.2 Å². The van der Waals surface area contributed by atoms with Gasteiger partial charge < -0.3 is 9.80 Å². The molecule has 0 bridgehead atoms. The van der Waals surface area contributed by atoms with Crippen LogP contribution in [-0.2, 0) is 4.79 Å². The van der Waals surface area contributed by atoms with Gasteiger partial charge in [-0.3, -0.25) is 4.79 Å². The summed E-state index contributed by atoms with van der Waals surface area (Å²) in [6.07, 6.45) is 3.32. The molecule has 1 aromatic rings. The molecule has 3 nitrogen and oxygen atoms in total. The van der Waals surface area contributed by atoms with Gasteiger partial charge in [0, 0.05) is 42.3 Å². The van der Waals surface area contributed by atoms with Gasteiger partial charge in [0.1, 0.15) is 0 Å². The molecule has 1 amide bonds. The summed E-state index contributed by atoms with van der Waals surface area (Å²) in [5, 5.41) is 1.14. The quantitative estimate of drug-likeness (QED) is 0.800. The Morgan fingerprint density at radius 1 is 1.25 bits per heavy atom. The first kappa shape index (κ1) is 15.4. The number of carbonyl (C=O) groups is 1. The molecule has 1 aliphatic rings. The lowest BCUT2D eigenvalue weighted by Crippen LogP contribution is -2.48. The number of halogens is 2. The van der Waals surface area contributed by atoms with Crippen molar-refractivity contribution in [3.63, 3.8) is 0 Å². The van der Waals surface area contributed by atoms with Crippen LogP contribution in [0.5, 0.6) is 0 Å². The third-order valence-corrected chi connectivity index (χ3v) is 4.06. The lowest BCUT2D eigenvalue weighted by Gasteiger charge is -2.33. The molecule has 1 heterocycles. The van der Waals surface area contributed by atoms with Gasteiger partial charge in [0.15, 0.2) is 0 Å². The molecular weight excluding hydrogens is 295 g/mol. The van der Waals surface area contributed by atoms with Gasteiger partial charge in [-0.1, -0.05) is 36.2 Å². The summed E-state index contributed by atoms with van der Waals surface area (Å²) in [7, 11) is 0. The van der Waals surface area contributed by atoms with Crippen LogP contribution < -0.4 is 0 Å². The first-order chi connectivity index (χ1) is 9.60. The molecule has 1 aliphatic heterocycles. The second-order valence-electron chi connectivity index (χ2n) is 4.76. The first-order valence-electron chi connectivity index (χ1n) is 6.74. The monoisotopic (exact) mass is 312 g/mol. The van der Waals surface area contributed by atoms with E-state index in [0.717, 1.165) is 38.3 Å². The summed E-state index contributed by atoms with van der Waals surface area (Å²) >= 11 is 11.9. The van der Waals surface area contributed by atoms with Crippen LogP contribution in [0.15, 0.2) is 24.3 Å². The molecule has 20 heavy (non-hydrogen) atoms. The van der Waals surface area contributed by atoms with E-state index >= 15 is 0 Å². The molecule has 5 heteroatoms. The highest BCUT2D eigenvalue weighted by atomic mass is 35.5. The molecule has 0 unspecified atom stereocenters. The number of hydrogen-bond donors (Lipinski definition) is 0. The van der Waals surface area contributed by atoms with E-state index in [9.17, 15) is 4.79 Å². The Bertz CT molecular complexity index is 509. The lowest BCUT2D eigenvalue weighted by molar-refractivity contribution is -0.127. The van der Waals surface area contributed by atoms with Crippen molar-refractivity contribution in [2.45, 2.75) is 6.92 Å². The average Bonchev–Trinajstić information content (AvgIpc) is 2.46. The van der Waals surface area contributed by atoms with Crippen LogP contribution in [-0.4, -0.2) is 48.4 Å². The fraction of sp³-hybridized carbons (Fsp3) is 0.400. The maximum Gasteiger partial charge on any atom is 0.246 e. The van der Waals surface area contributed by atoms with Crippen LogP contribution in [0.25, 0.3) is 6.08 Å². The Hall–Kier alpha value is -1.03. The number of amides is 1. The summed E-state index contributed by atoms with van der Waals surface area (Å²) in [6, 6.07) is 5.24. The minimum absolute atomic E-state index is 0.0340. The van der Waals surface area contributed by atoms with Crippen molar-refractivity contribution < 1.29 is 4.79 Å². The van der Waals surface area contributed by atoms with Gasteiger partial charge in [-0.15, -0.1) is 0 Å². The Kier molecular flexibility index (Phi) is 5.46. The fourth-order valence-corrected chi connectivity index (χ4v) is 2.66. The number of piperazine rings is 1. The molecule has 1 saturated heterocycles. The van der Waals surface area contributed by atoms with Gasteiger partial charge in [-0.2, -0.15) is 0 Å². The molecule has 0 aromatic heterocycles. The van der Waals surface area contributed by atoms with Gasteiger partial charge in [-0.25, -0.2) is 0 Å². The predicted octanol–water partition coefficient (Wildman–Crippen LogP) is 3.17. The molecule has 0 spiro atoms. The number of rotatable bonds is 3. The van der Waals surface area contributed by atoms with Gasteiger partial charge in [0.2, 0.25) is 5.91 Å². The van der Waals surface area contributed by atoms with Crippen LogP contribution >= 0.6 is 23.2 Å². The van der Waals surface area contributed by atoms with E-state index in [-0.39, 0.29) is 5.91 Å². The maximum absolute atomic E-state index is 12.1. The number of hydrogen-bond acceptors (Lipinski definition) is 2. The molecule has 0 N–H and O–H groups in total. The number of likely N-dealkylation sites (N-methyl/N-ethyl adjacent to an activating group) is 1. The Morgan fingerprint density at radius 3 is 2.55 bits per heavy atom. The van der Waals surface area contributed by atoms with Crippen molar-refractivity contribution in [3.05, 3.63) is 39.9 Å². The zero-order valence-electron chi connectivity index (χ0n) is 11.5. The fourth-order valence-electron chi connectivity index (χ4n) is 2.19. The largest absolute Gasteiger partial charge is 0.337 e. The molecule has 1 fully saturated rings. The summed E-state index contributed by atoms with van der Waals surface area (Å²) in [5.41, 5.74) is 0.802. The van der Waals surface area contributed by atoms with Crippen LogP contribution in [0.3, 0.4) is 0 Å². The summed E-state index contributed by atoms with van der Waals surface area (Å²) in [6.45, 7) is 6.63. The van der Waals surface area contributed by atoms with E-state index in [0.29, 0.717) is 10.0 Å². The molecule has 0 atom stereocenters. The third-order valence-electron chi connectivity index (χ3n) is 3.50. The van der Waals surface area contributed by atoms with E-state index in [1.807, 2.05) is 11.0 Å². The molecule has 108 valence electrons. The first-order valence-corrected chi connectivity index (χ1v) is 7.50. The van der Waals surface area contributed by atoms with E-state index < -0.39 is 0 Å². The van der Waals surface area contributed by atoms with E-state index in [1.54, 1.807) is 24.3 Å². The lowest BCUT2D eigenvalue weighted by atomic mass is 10.2. The summed E-state index contributed by atoms with van der Waals surface area (Å²) in [4.78, 5) is 16.3. The number of carbonyl (C=O) groups excluding carboxylic acids is 1. The van der Waals surface area contributed by atoms with Crippen molar-refractivity contribution in [1.29, 1.82) is 0 Å². The molecular formula is C15H18Cl2N2O. The van der Waals surface area contributed by atoms with Crippen molar-refractivity contribution >= 4 is 35.2 Å². The zero-order valence-corrected chi connectivity index (χ0v) is 13.0. The van der Waals surface area contributed by atoms with Crippen molar-refractivity contribution in [1.82, 2.24) is 9.80 Å². The molecule has 0 aliphatic carbocycles. The van der Waals surface area contributed by atoms with Gasteiger partial charge >= 0.3 is 0 Å². The van der Waals surface area contributed by atoms with Crippen molar-refractivity contribution in [2.75, 3.05) is 32.7 Å². The second kappa shape index (κ2) is 7.11. The minimum atomic E-state index is 0.0340. The minimum Gasteiger partial charge on any atom is -0.337 e. The van der Waals surface area contributed by atoms with Crippen LogP contribution in [0, 0.1) is 0 Å². The van der Waals surface area contributed by atoms with Gasteiger partial charge in [0.05, 0.1) is 0 Å². The third kappa shape index (κ3) is 3.98. The van der Waals surface area contributed by atoms with Crippen molar-refractivity contribution in [2.24, 2.45) is 0 Å². The van der Waals surface area contributed by atoms with E-state index in [1.165, 1.54) is 0 Å². The summed E-state index contributed by atoms with van der Waals surface area (Å²) in [5.74, 6) is 0.0340. The molecule has 0 radical (unpaired) electrons. The molecule has 0 saturated carbocycles. The highest BCUT2D eigenvalue weighted by Gasteiger charge is 2.18. The topological polar surface area (TPSA) is 23.6 Å². The van der Waals surface area contributed by atoms with E-state index in [2.05, 4.69) is 11.8 Å². The number of benzene rings is 1. The summed E-state index contributed by atoms with van der Waals surface area (Å²) < 4.78 is 0. The smallest absolute Gasteiger partial charge is 0.246 e. The SMILES string of the molecule is CCN1CCN(C(=O)C=Cc2ccc(Cl)cc2Cl)CC1. The Balaban J connectivity index is 1.96.